The summed E-state index contributed by atoms with van der Waals surface area (Å²) in [7, 11) is 0. The van der Waals surface area contributed by atoms with Gasteiger partial charge in [-0.25, -0.2) is 4.98 Å². The summed E-state index contributed by atoms with van der Waals surface area (Å²) in [4.78, 5) is 4.91. The molecule has 0 amide bonds. The second-order valence-corrected chi connectivity index (χ2v) is 32.7. The zero-order valence-electron chi connectivity index (χ0n) is 77.9. The minimum atomic E-state index is -4.55. The topological polar surface area (TPSA) is 35.9 Å². The molecule has 0 N–H and O–H groups in total. The Bertz CT molecular complexity index is 6060. The number of ether oxygens (including phenoxy) is 1. The van der Waals surface area contributed by atoms with Gasteiger partial charge in [-0.2, -0.15) is 18.2 Å². The molecule has 98 heavy (non-hydrogen) atoms. The van der Waals surface area contributed by atoms with Crippen LogP contribution in [-0.2, 0) is 64.4 Å². The molecule has 0 fully saturated rings. The van der Waals surface area contributed by atoms with Crippen LogP contribution in [0, 0.1) is 18.5 Å². The van der Waals surface area contributed by atoms with E-state index < -0.39 is 91.2 Å². The maximum absolute atomic E-state index is 10.7. The molecular weight excluding hydrogens is 1370 g/mol. The van der Waals surface area contributed by atoms with Gasteiger partial charge in [0.2, 0.25) is 0 Å². The quantitative estimate of drug-likeness (QED) is 0.123. The summed E-state index contributed by atoms with van der Waals surface area (Å²) in [5.74, 6) is 1.22. The summed E-state index contributed by atoms with van der Waals surface area (Å²) in [6, 6.07) is 51.7. The summed E-state index contributed by atoms with van der Waals surface area (Å²) in [5, 5.41) is 1.87. The zero-order valence-corrected chi connectivity index (χ0v) is 61.1. The number of para-hydroxylation sites is 1. The molecule has 3 aromatic heterocycles. The van der Waals surface area contributed by atoms with E-state index in [1.165, 1.54) is 5.56 Å². The molecule has 502 valence electrons. The first-order valence-electron chi connectivity index (χ1n) is 43.3. The van der Waals surface area contributed by atoms with Crippen LogP contribution in [0.5, 0.6) is 11.5 Å². The van der Waals surface area contributed by atoms with Crippen LogP contribution in [-0.4, -0.2) is 14.1 Å². The summed E-state index contributed by atoms with van der Waals surface area (Å²) in [6.45, 7) is 18.3. The van der Waals surface area contributed by atoms with Crippen molar-refractivity contribution in [2.45, 2.75) is 207 Å². The molecule has 5 nitrogen and oxygen atoms in total. The molecule has 4 heterocycles. The number of benzene rings is 9. The van der Waals surface area contributed by atoms with Crippen molar-refractivity contribution in [1.29, 1.82) is 0 Å². The molecule has 3 aliphatic rings. The molecule has 6 heteroatoms. The van der Waals surface area contributed by atoms with Crippen molar-refractivity contribution in [3.05, 3.63) is 233 Å². The molecule has 0 radical (unpaired) electrons. The second kappa shape index (κ2) is 23.0. The minimum Gasteiger partial charge on any atom is -0.510 e. The molecule has 9 aromatic carbocycles. The van der Waals surface area contributed by atoms with Gasteiger partial charge in [-0.1, -0.05) is 247 Å². The van der Waals surface area contributed by atoms with Gasteiger partial charge in [0.1, 0.15) is 5.82 Å². The number of aromatic nitrogens is 4. The molecule has 0 unspecified atom stereocenters. The fraction of sp³-hybridized carbons (Fsp3) is 0.348. The first kappa shape index (κ1) is 47.8. The fourth-order valence-corrected chi connectivity index (χ4v) is 14.7. The summed E-state index contributed by atoms with van der Waals surface area (Å²) < 4.78 is 193. The van der Waals surface area contributed by atoms with E-state index in [9.17, 15) is 17.8 Å². The number of imidazole rings is 1. The standard InChI is InChI=1S/C92H96N4O.Pt/c1-85(2,3)59-36-41-93-82(50-59)96-79-31-24-23-30-68(79)69-34-33-65(52-80(69)96)97-64-27-25-26-63(51-64)94-55-95-83-70(58-42-60(86(4,5)6)47-61(43-58)87(7,8)9)48-62(88(10,11)12)49-74(83)72-54-78-77(91(17,18)39-40-92(78,19)20)53-71(72)66-28-21-22-29-67(66)73-44-57(46-81(94)84(73)95)56-32-35-75-76(45-56)90(15,16)38-37-89(75,13)14;/h21-36,41-50,53-54H,37-40H2,1-20H3;/q-2;/i13D3,14D3,15D3,16D3,32D,35D,37D2,38D2,45D;. The van der Waals surface area contributed by atoms with E-state index in [1.54, 1.807) is 34.9 Å². The minimum absolute atomic E-state index is 0. The Morgan fingerprint density at radius 3 is 1.73 bits per heavy atom. The van der Waals surface area contributed by atoms with Gasteiger partial charge in [0.25, 0.3) is 6.33 Å². The Labute approximate surface area is 624 Å². The first-order valence-corrected chi connectivity index (χ1v) is 33.8. The van der Waals surface area contributed by atoms with Crippen LogP contribution in [0.3, 0.4) is 0 Å². The van der Waals surface area contributed by atoms with Crippen molar-refractivity contribution < 1.29 is 56.4 Å². The zero-order chi connectivity index (χ0) is 84.8. The van der Waals surface area contributed by atoms with Crippen LogP contribution in [0.1, 0.15) is 234 Å². The first-order chi connectivity index (χ1) is 53.3. The van der Waals surface area contributed by atoms with E-state index in [0.29, 0.717) is 45.1 Å². The van der Waals surface area contributed by atoms with E-state index in [1.807, 2.05) is 71.4 Å². The van der Waals surface area contributed by atoms with Gasteiger partial charge < -0.3 is 13.9 Å². The summed E-state index contributed by atoms with van der Waals surface area (Å²) >= 11 is 0. The average Bonchev–Trinajstić information content (AvgIpc) is 1.46. The molecule has 2 aliphatic carbocycles. The smallest absolute Gasteiger partial charge is 0.268 e. The largest absolute Gasteiger partial charge is 0.510 e. The van der Waals surface area contributed by atoms with Crippen LogP contribution < -0.4 is 9.30 Å². The number of pyridine rings is 1. The molecule has 0 saturated carbocycles. The van der Waals surface area contributed by atoms with E-state index in [-0.39, 0.29) is 65.0 Å². The molecule has 15 rings (SSSR count). The normalized spacial score (nSPS) is 20.4. The molecule has 0 bridgehead atoms. The number of hydrogen-bond acceptors (Lipinski definition) is 2. The van der Waals surface area contributed by atoms with Crippen molar-refractivity contribution in [2.24, 2.45) is 0 Å². The van der Waals surface area contributed by atoms with Crippen molar-refractivity contribution in [2.75, 3.05) is 0 Å². The molecule has 0 saturated heterocycles. The Morgan fingerprint density at radius 2 is 1.08 bits per heavy atom. The SMILES string of the molecule is [2H]c1c([2H])c2c(c([2H])c1-c1cc3c4c(c1)n(-c1[c-]c(Oc5[c-]c6c(cc5)c5ccccc5n6-c5cc(C(C)(C)C)ccn5)ccc1)[c-][n+]4-c1c(-c4cc(C(C)(C)C)cc(C(C)(C)C)c4)cc(C(C)(C)C)cc1-c1cc4c(cc1-c1ccccc1-3)C(C)(C)CCC4(C)C)C(C([2H])([2H])[2H])(C([2H])([2H])[2H])C([2H])([2H])C([2H])([2H])C2(C([2H])([2H])[2H])C([2H])([2H])[2H].[Pt]. The van der Waals surface area contributed by atoms with E-state index >= 15 is 0 Å². The Morgan fingerprint density at radius 1 is 0.490 bits per heavy atom. The van der Waals surface area contributed by atoms with Gasteiger partial charge in [0.05, 0.1) is 20.8 Å². The molecule has 0 spiro atoms. The predicted molar refractivity (Wildman–Crippen MR) is 406 cm³/mol. The monoisotopic (exact) mass is 1490 g/mol. The van der Waals surface area contributed by atoms with Crippen molar-refractivity contribution >= 4 is 32.8 Å². The molecular formula is C92H96N4OPt-2. The molecule has 0 atom stereocenters. The second-order valence-electron chi connectivity index (χ2n) is 32.7. The average molecular weight is 1490 g/mol. The van der Waals surface area contributed by atoms with Crippen LogP contribution in [0.25, 0.3) is 106 Å². The molecule has 1 aliphatic heterocycles. The fourth-order valence-electron chi connectivity index (χ4n) is 14.7. The van der Waals surface area contributed by atoms with Crippen LogP contribution in [0.15, 0.2) is 170 Å². The van der Waals surface area contributed by atoms with E-state index in [0.717, 1.165) is 90.3 Å². The van der Waals surface area contributed by atoms with Gasteiger partial charge in [0, 0.05) is 66.2 Å². The third kappa shape index (κ3) is 11.3. The Hall–Kier alpha value is -8.11. The van der Waals surface area contributed by atoms with Gasteiger partial charge in [-0.3, -0.25) is 4.57 Å². The number of nitrogens with zero attached hydrogens (tertiary/aromatic N) is 4. The van der Waals surface area contributed by atoms with Crippen molar-refractivity contribution in [3.63, 3.8) is 0 Å². The van der Waals surface area contributed by atoms with E-state index in [4.69, 9.17) is 17.9 Å². The summed E-state index contributed by atoms with van der Waals surface area (Å²) in [5.41, 5.74) is 1.08. The Balaban J connectivity index is 0.0000113. The predicted octanol–water partition coefficient (Wildman–Crippen LogP) is 24.1. The van der Waals surface area contributed by atoms with E-state index in [2.05, 4.69) is 188 Å². The summed E-state index contributed by atoms with van der Waals surface area (Å²) in [6.07, 6.45) is -1.61. The Kier molecular flexibility index (Phi) is 11.2. The third-order valence-corrected chi connectivity index (χ3v) is 20.6. The van der Waals surface area contributed by atoms with Crippen LogP contribution in [0.4, 0.5) is 0 Å². The van der Waals surface area contributed by atoms with Crippen molar-refractivity contribution in [1.82, 2.24) is 14.1 Å². The maximum atomic E-state index is 10.7. The number of rotatable bonds is 6. The number of hydrogen-bond donors (Lipinski definition) is 0. The van der Waals surface area contributed by atoms with Gasteiger partial charge in [-0.15, -0.1) is 29.7 Å². The van der Waals surface area contributed by atoms with Crippen LogP contribution >= 0.6 is 0 Å². The van der Waals surface area contributed by atoms with Gasteiger partial charge in [0.15, 0.2) is 0 Å². The maximum Gasteiger partial charge on any atom is 0.268 e. The van der Waals surface area contributed by atoms with Gasteiger partial charge in [-0.05, 0) is 210 Å². The van der Waals surface area contributed by atoms with Crippen LogP contribution in [0.2, 0.25) is 0 Å². The van der Waals surface area contributed by atoms with Gasteiger partial charge >= 0.3 is 0 Å². The number of fused-ring (bicyclic) bond motifs is 12. The third-order valence-electron chi connectivity index (χ3n) is 20.6. The van der Waals surface area contributed by atoms with Crippen molar-refractivity contribution in [3.8, 4) is 84.3 Å². The molecule has 12 aromatic rings.